The molecule has 1 aliphatic rings. The van der Waals surface area contributed by atoms with Crippen molar-refractivity contribution >= 4 is 11.8 Å². The molecule has 2 N–H and O–H groups in total. The van der Waals surface area contributed by atoms with E-state index in [4.69, 9.17) is 9.84 Å². The van der Waals surface area contributed by atoms with Crippen molar-refractivity contribution in [1.82, 2.24) is 5.32 Å². The summed E-state index contributed by atoms with van der Waals surface area (Å²) in [7, 11) is 0. The molecule has 0 spiro atoms. The van der Waals surface area contributed by atoms with Gasteiger partial charge in [0.25, 0.3) is 0 Å². The van der Waals surface area contributed by atoms with Crippen molar-refractivity contribution in [3.63, 3.8) is 0 Å². The molecule has 0 amide bonds. The van der Waals surface area contributed by atoms with Crippen LogP contribution in [0.25, 0.3) is 0 Å². The summed E-state index contributed by atoms with van der Waals surface area (Å²) in [6.45, 7) is 1.82. The molecule has 0 bridgehead atoms. The molecule has 0 saturated carbocycles. The zero-order chi connectivity index (χ0) is 13.0. The first-order chi connectivity index (χ1) is 8.66. The standard InChI is InChI=1S/C13H15NO4/c15-11(12-8-14-4-5-18-12)7-9-2-1-3-10(6-9)13(16)17/h1-3,6,12,14H,4-5,7-8H2,(H,16,17). The number of ether oxygens (including phenoxy) is 1. The highest BCUT2D eigenvalue weighted by atomic mass is 16.5. The molecule has 1 aromatic carbocycles. The van der Waals surface area contributed by atoms with Gasteiger partial charge in [0.15, 0.2) is 5.78 Å². The average Bonchev–Trinajstić information content (AvgIpc) is 2.40. The lowest BCUT2D eigenvalue weighted by Crippen LogP contribution is -2.43. The zero-order valence-electron chi connectivity index (χ0n) is 9.89. The molecule has 18 heavy (non-hydrogen) atoms. The van der Waals surface area contributed by atoms with Crippen LogP contribution in [0, 0.1) is 0 Å². The van der Waals surface area contributed by atoms with Crippen LogP contribution >= 0.6 is 0 Å². The van der Waals surface area contributed by atoms with Gasteiger partial charge < -0.3 is 15.2 Å². The molecule has 0 radical (unpaired) electrons. The van der Waals surface area contributed by atoms with Gasteiger partial charge in [-0.25, -0.2) is 4.79 Å². The first-order valence-corrected chi connectivity index (χ1v) is 5.84. The number of hydrogen-bond donors (Lipinski definition) is 2. The second-order valence-electron chi connectivity index (χ2n) is 4.21. The Kier molecular flexibility index (Phi) is 4.07. The topological polar surface area (TPSA) is 75.6 Å². The van der Waals surface area contributed by atoms with Crippen LogP contribution in [0.3, 0.4) is 0 Å². The third kappa shape index (κ3) is 3.15. The summed E-state index contributed by atoms with van der Waals surface area (Å²) in [6.07, 6.45) is -0.222. The number of carboxylic acid groups (broad SMARTS) is 1. The van der Waals surface area contributed by atoms with Crippen LogP contribution in [0.2, 0.25) is 0 Å². The predicted octanol–water partition coefficient (Wildman–Crippen LogP) is 0.485. The Labute approximate surface area is 105 Å². The summed E-state index contributed by atoms with van der Waals surface area (Å²) < 4.78 is 5.36. The van der Waals surface area contributed by atoms with Gasteiger partial charge in [-0.15, -0.1) is 0 Å². The van der Waals surface area contributed by atoms with E-state index in [1.165, 1.54) is 12.1 Å². The smallest absolute Gasteiger partial charge is 0.335 e. The SMILES string of the molecule is O=C(O)c1cccc(CC(=O)C2CNCCO2)c1. The number of hydrogen-bond acceptors (Lipinski definition) is 4. The molecule has 96 valence electrons. The Morgan fingerprint density at radius 1 is 1.44 bits per heavy atom. The Hall–Kier alpha value is -1.72. The molecule has 5 nitrogen and oxygen atoms in total. The highest BCUT2D eigenvalue weighted by Gasteiger charge is 2.21. The molecule has 0 aromatic heterocycles. The monoisotopic (exact) mass is 249 g/mol. The summed E-state index contributed by atoms with van der Waals surface area (Å²) in [5, 5.41) is 12.0. The summed E-state index contributed by atoms with van der Waals surface area (Å²) in [5.41, 5.74) is 0.900. The second-order valence-corrected chi connectivity index (χ2v) is 4.21. The quantitative estimate of drug-likeness (QED) is 0.812. The normalized spacial score (nSPS) is 19.4. The fourth-order valence-corrected chi connectivity index (χ4v) is 1.90. The van der Waals surface area contributed by atoms with Crippen molar-refractivity contribution in [3.8, 4) is 0 Å². The van der Waals surface area contributed by atoms with E-state index in [0.29, 0.717) is 18.7 Å². The zero-order valence-corrected chi connectivity index (χ0v) is 9.89. The van der Waals surface area contributed by atoms with E-state index >= 15 is 0 Å². The van der Waals surface area contributed by atoms with Crippen LogP contribution in [-0.4, -0.2) is 42.7 Å². The average molecular weight is 249 g/mol. The van der Waals surface area contributed by atoms with E-state index < -0.39 is 12.1 Å². The minimum absolute atomic E-state index is 0.0234. The maximum atomic E-state index is 11.9. The summed E-state index contributed by atoms with van der Waals surface area (Å²) in [4.78, 5) is 22.8. The number of carbonyl (C=O) groups excluding carboxylic acids is 1. The number of benzene rings is 1. The van der Waals surface area contributed by atoms with Crippen LogP contribution in [0.5, 0.6) is 0 Å². The van der Waals surface area contributed by atoms with Crippen molar-refractivity contribution in [2.24, 2.45) is 0 Å². The minimum Gasteiger partial charge on any atom is -0.478 e. The Bertz CT molecular complexity index is 452. The molecule has 5 heteroatoms. The number of aromatic carboxylic acids is 1. The van der Waals surface area contributed by atoms with Crippen molar-refractivity contribution in [3.05, 3.63) is 35.4 Å². The van der Waals surface area contributed by atoms with Crippen molar-refractivity contribution in [1.29, 1.82) is 0 Å². The molecule has 1 unspecified atom stereocenters. The molecule has 1 fully saturated rings. The molecule has 0 aliphatic carbocycles. The second kappa shape index (κ2) is 5.75. The van der Waals surface area contributed by atoms with E-state index in [1.54, 1.807) is 12.1 Å². The van der Waals surface area contributed by atoms with Crippen LogP contribution in [0.1, 0.15) is 15.9 Å². The summed E-state index contributed by atoms with van der Waals surface area (Å²) >= 11 is 0. The number of ketones is 1. The third-order valence-corrected chi connectivity index (χ3v) is 2.84. The van der Waals surface area contributed by atoms with Crippen LogP contribution in [0.4, 0.5) is 0 Å². The van der Waals surface area contributed by atoms with E-state index in [9.17, 15) is 9.59 Å². The number of carbonyl (C=O) groups is 2. The number of rotatable bonds is 4. The van der Waals surface area contributed by atoms with Gasteiger partial charge >= 0.3 is 5.97 Å². The first-order valence-electron chi connectivity index (χ1n) is 5.84. The lowest BCUT2D eigenvalue weighted by atomic mass is 10.0. The number of Topliss-reactive ketones (excluding diaryl/α,β-unsaturated/α-hetero) is 1. The molecule has 1 saturated heterocycles. The molecule has 1 aliphatic heterocycles. The van der Waals surface area contributed by atoms with Gasteiger partial charge in [-0.1, -0.05) is 12.1 Å². The van der Waals surface area contributed by atoms with Crippen LogP contribution in [0.15, 0.2) is 24.3 Å². The maximum Gasteiger partial charge on any atom is 0.335 e. The van der Waals surface area contributed by atoms with Crippen LogP contribution in [-0.2, 0) is 16.0 Å². The summed E-state index contributed by atoms with van der Waals surface area (Å²) in [5.74, 6) is -1.01. The number of morpholine rings is 1. The van der Waals surface area contributed by atoms with Gasteiger partial charge in [-0.05, 0) is 17.7 Å². The maximum absolute atomic E-state index is 11.9. The lowest BCUT2D eigenvalue weighted by Gasteiger charge is -2.22. The molecule has 1 heterocycles. The van der Waals surface area contributed by atoms with Crippen molar-refractivity contribution in [2.75, 3.05) is 19.7 Å². The minimum atomic E-state index is -0.986. The van der Waals surface area contributed by atoms with Gasteiger partial charge in [0, 0.05) is 19.5 Å². The Morgan fingerprint density at radius 3 is 2.94 bits per heavy atom. The van der Waals surface area contributed by atoms with Crippen molar-refractivity contribution in [2.45, 2.75) is 12.5 Å². The van der Waals surface area contributed by atoms with Crippen molar-refractivity contribution < 1.29 is 19.4 Å². The molecule has 1 atom stereocenters. The van der Waals surface area contributed by atoms with Crippen LogP contribution < -0.4 is 5.32 Å². The van der Waals surface area contributed by atoms with Gasteiger partial charge in [-0.3, -0.25) is 4.79 Å². The Balaban J connectivity index is 2.02. The third-order valence-electron chi connectivity index (χ3n) is 2.84. The Morgan fingerprint density at radius 2 is 2.28 bits per heavy atom. The fourth-order valence-electron chi connectivity index (χ4n) is 1.90. The van der Waals surface area contributed by atoms with E-state index in [0.717, 1.165) is 6.54 Å². The predicted molar refractivity (Wildman–Crippen MR) is 64.7 cm³/mol. The van der Waals surface area contributed by atoms with Gasteiger partial charge in [0.1, 0.15) is 6.10 Å². The molecule has 1 aromatic rings. The number of carboxylic acids is 1. The first kappa shape index (κ1) is 12.7. The summed E-state index contributed by atoms with van der Waals surface area (Å²) in [6, 6.07) is 6.43. The lowest BCUT2D eigenvalue weighted by molar-refractivity contribution is -0.131. The molecular weight excluding hydrogens is 234 g/mol. The van der Waals surface area contributed by atoms with E-state index in [-0.39, 0.29) is 17.8 Å². The highest BCUT2D eigenvalue weighted by molar-refractivity contribution is 5.89. The van der Waals surface area contributed by atoms with Gasteiger partial charge in [-0.2, -0.15) is 0 Å². The van der Waals surface area contributed by atoms with E-state index in [2.05, 4.69) is 5.32 Å². The molecular formula is C13H15NO4. The highest BCUT2D eigenvalue weighted by Crippen LogP contribution is 2.09. The van der Waals surface area contributed by atoms with Gasteiger partial charge in [0.05, 0.1) is 12.2 Å². The number of nitrogens with one attached hydrogen (secondary N) is 1. The van der Waals surface area contributed by atoms with Gasteiger partial charge in [0.2, 0.25) is 0 Å². The molecule has 2 rings (SSSR count). The fraction of sp³-hybridized carbons (Fsp3) is 0.385. The largest absolute Gasteiger partial charge is 0.478 e. The van der Waals surface area contributed by atoms with E-state index in [1.807, 2.05) is 0 Å².